The molecule has 0 radical (unpaired) electrons. The van der Waals surface area contributed by atoms with E-state index >= 15 is 0 Å². The minimum Gasteiger partial charge on any atom is -0.347 e. The van der Waals surface area contributed by atoms with Crippen molar-refractivity contribution < 1.29 is 14.4 Å². The van der Waals surface area contributed by atoms with E-state index < -0.39 is 0 Å². The van der Waals surface area contributed by atoms with E-state index in [0.717, 1.165) is 4.90 Å². The third-order valence-corrected chi connectivity index (χ3v) is 1.95. The number of nitrogens with zero attached hydrogens (tertiary/aromatic N) is 2. The lowest BCUT2D eigenvalue weighted by Crippen LogP contribution is -2.39. The van der Waals surface area contributed by atoms with Crippen LogP contribution in [0.3, 0.4) is 0 Å². The van der Waals surface area contributed by atoms with Gasteiger partial charge in [-0.15, -0.1) is 0 Å². The molecule has 13 heavy (non-hydrogen) atoms. The zero-order valence-corrected chi connectivity index (χ0v) is 7.74. The molecule has 0 aromatic heterocycles. The summed E-state index contributed by atoms with van der Waals surface area (Å²) in [7, 11) is 3.18. The van der Waals surface area contributed by atoms with Crippen LogP contribution in [-0.4, -0.2) is 48.2 Å². The molecule has 0 N–H and O–H groups in total. The Morgan fingerprint density at radius 2 is 1.77 bits per heavy atom. The highest BCUT2D eigenvalue weighted by Gasteiger charge is 2.30. The van der Waals surface area contributed by atoms with Crippen LogP contribution in [-0.2, 0) is 14.4 Å². The van der Waals surface area contributed by atoms with Gasteiger partial charge in [0.2, 0.25) is 17.7 Å². The molecule has 0 unspecified atom stereocenters. The van der Waals surface area contributed by atoms with Crippen molar-refractivity contribution in [3.63, 3.8) is 0 Å². The topological polar surface area (TPSA) is 57.7 Å². The fraction of sp³-hybridized carbons (Fsp3) is 0.625. The molecule has 72 valence electrons. The van der Waals surface area contributed by atoms with Crippen molar-refractivity contribution in [2.75, 3.05) is 20.6 Å². The molecular weight excluding hydrogens is 172 g/mol. The highest BCUT2D eigenvalue weighted by molar-refractivity contribution is 6.04. The number of imide groups is 1. The molecule has 3 amide bonds. The van der Waals surface area contributed by atoms with Crippen LogP contribution in [0.15, 0.2) is 0 Å². The second kappa shape index (κ2) is 3.55. The molecule has 1 rings (SSSR count). The third kappa shape index (κ3) is 2.05. The summed E-state index contributed by atoms with van der Waals surface area (Å²) in [5.41, 5.74) is 0. The van der Waals surface area contributed by atoms with Gasteiger partial charge in [0.25, 0.3) is 0 Å². The molecule has 0 spiro atoms. The average molecular weight is 184 g/mol. The van der Waals surface area contributed by atoms with Crippen molar-refractivity contribution in [1.82, 2.24) is 9.80 Å². The lowest BCUT2D eigenvalue weighted by atomic mass is 10.4. The quantitative estimate of drug-likeness (QED) is 0.529. The van der Waals surface area contributed by atoms with Gasteiger partial charge in [-0.05, 0) is 0 Å². The summed E-state index contributed by atoms with van der Waals surface area (Å²) in [5.74, 6) is -0.732. The highest BCUT2D eigenvalue weighted by Crippen LogP contribution is 2.10. The van der Waals surface area contributed by atoms with E-state index in [2.05, 4.69) is 0 Å². The van der Waals surface area contributed by atoms with Crippen LogP contribution in [0.2, 0.25) is 0 Å². The lowest BCUT2D eigenvalue weighted by molar-refractivity contribution is -0.144. The summed E-state index contributed by atoms with van der Waals surface area (Å²) < 4.78 is 0. The summed E-state index contributed by atoms with van der Waals surface area (Å²) in [6.07, 6.45) is 0.471. The Kier molecular flexibility index (Phi) is 2.65. The molecule has 1 fully saturated rings. The Balaban J connectivity index is 2.58. The number of carbonyl (C=O) groups excluding carboxylic acids is 3. The van der Waals surface area contributed by atoms with Gasteiger partial charge in [0.1, 0.15) is 6.54 Å². The van der Waals surface area contributed by atoms with Crippen molar-refractivity contribution in [3.05, 3.63) is 0 Å². The van der Waals surface area contributed by atoms with E-state index in [1.54, 1.807) is 14.1 Å². The molecule has 5 nitrogen and oxygen atoms in total. The Hall–Kier alpha value is -1.39. The van der Waals surface area contributed by atoms with E-state index in [1.165, 1.54) is 4.90 Å². The van der Waals surface area contributed by atoms with Crippen LogP contribution in [0.4, 0.5) is 0 Å². The van der Waals surface area contributed by atoms with E-state index in [1.807, 2.05) is 0 Å². The van der Waals surface area contributed by atoms with Crippen LogP contribution in [0.25, 0.3) is 0 Å². The van der Waals surface area contributed by atoms with Gasteiger partial charge < -0.3 is 4.90 Å². The van der Waals surface area contributed by atoms with Crippen molar-refractivity contribution in [2.45, 2.75) is 12.8 Å². The minimum atomic E-state index is -0.250. The molecule has 0 aliphatic carbocycles. The average Bonchev–Trinajstić information content (AvgIpc) is 2.35. The molecule has 5 heteroatoms. The van der Waals surface area contributed by atoms with Gasteiger partial charge in [-0.25, -0.2) is 0 Å². The molecule has 0 aromatic rings. The van der Waals surface area contributed by atoms with Crippen LogP contribution in [0.5, 0.6) is 0 Å². The number of carbonyl (C=O) groups is 3. The first kappa shape index (κ1) is 9.70. The largest absolute Gasteiger partial charge is 0.347 e. The fourth-order valence-corrected chi connectivity index (χ4v) is 1.08. The molecule has 1 aliphatic heterocycles. The van der Waals surface area contributed by atoms with Crippen LogP contribution in [0, 0.1) is 0 Å². The predicted octanol–water partition coefficient (Wildman–Crippen LogP) is -0.776. The molecule has 0 atom stereocenters. The number of hydrogen-bond acceptors (Lipinski definition) is 3. The van der Waals surface area contributed by atoms with Gasteiger partial charge in [-0.2, -0.15) is 0 Å². The second-order valence-electron chi connectivity index (χ2n) is 3.16. The summed E-state index contributed by atoms with van der Waals surface area (Å²) in [6.45, 7) is -0.120. The molecule has 1 heterocycles. The molecule has 0 aromatic carbocycles. The zero-order valence-electron chi connectivity index (χ0n) is 7.74. The first-order chi connectivity index (χ1) is 6.02. The van der Waals surface area contributed by atoms with Gasteiger partial charge >= 0.3 is 0 Å². The van der Waals surface area contributed by atoms with Gasteiger partial charge in [0.15, 0.2) is 0 Å². The summed E-state index contributed by atoms with van der Waals surface area (Å²) in [6, 6.07) is 0. The predicted molar refractivity (Wildman–Crippen MR) is 44.6 cm³/mol. The maximum absolute atomic E-state index is 11.2. The number of hydrogen-bond donors (Lipinski definition) is 0. The summed E-state index contributed by atoms with van der Waals surface area (Å²) in [5, 5.41) is 0. The zero-order chi connectivity index (χ0) is 10.0. The Labute approximate surface area is 76.3 Å². The van der Waals surface area contributed by atoms with Gasteiger partial charge in [0, 0.05) is 26.9 Å². The van der Waals surface area contributed by atoms with Crippen molar-refractivity contribution in [3.8, 4) is 0 Å². The molecule has 0 saturated carbocycles. The second-order valence-corrected chi connectivity index (χ2v) is 3.16. The maximum Gasteiger partial charge on any atom is 0.242 e. The van der Waals surface area contributed by atoms with E-state index in [4.69, 9.17) is 0 Å². The van der Waals surface area contributed by atoms with Crippen LogP contribution in [0.1, 0.15) is 12.8 Å². The molecule has 1 aliphatic rings. The number of rotatable bonds is 2. The summed E-state index contributed by atoms with van der Waals surface area (Å²) in [4.78, 5) is 35.7. The minimum absolute atomic E-state index is 0.120. The monoisotopic (exact) mass is 184 g/mol. The van der Waals surface area contributed by atoms with E-state index in [-0.39, 0.29) is 37.1 Å². The van der Waals surface area contributed by atoms with E-state index in [0.29, 0.717) is 0 Å². The third-order valence-electron chi connectivity index (χ3n) is 1.95. The molecule has 0 bridgehead atoms. The smallest absolute Gasteiger partial charge is 0.242 e. The van der Waals surface area contributed by atoms with Gasteiger partial charge in [-0.3, -0.25) is 19.3 Å². The first-order valence-electron chi connectivity index (χ1n) is 4.05. The van der Waals surface area contributed by atoms with E-state index in [9.17, 15) is 14.4 Å². The number of likely N-dealkylation sites (tertiary alicyclic amines) is 1. The Morgan fingerprint density at radius 3 is 2.15 bits per heavy atom. The van der Waals surface area contributed by atoms with Crippen LogP contribution < -0.4 is 0 Å². The fourth-order valence-electron chi connectivity index (χ4n) is 1.08. The standard InChI is InChI=1S/C8H12N2O3/c1-9(2)8(13)5-10-6(11)3-4-7(10)12/h3-5H2,1-2H3. The first-order valence-corrected chi connectivity index (χ1v) is 4.05. The Morgan fingerprint density at radius 1 is 1.31 bits per heavy atom. The molecular formula is C8H12N2O3. The van der Waals surface area contributed by atoms with Crippen LogP contribution >= 0.6 is 0 Å². The SMILES string of the molecule is CN(C)C(=O)CN1C(=O)CCC1=O. The maximum atomic E-state index is 11.2. The normalized spacial score (nSPS) is 16.6. The lowest BCUT2D eigenvalue weighted by Gasteiger charge is -2.16. The highest BCUT2D eigenvalue weighted by atomic mass is 16.2. The van der Waals surface area contributed by atoms with Crippen molar-refractivity contribution >= 4 is 17.7 Å². The number of amides is 3. The summed E-state index contributed by atoms with van der Waals surface area (Å²) >= 11 is 0. The van der Waals surface area contributed by atoms with Gasteiger partial charge in [-0.1, -0.05) is 0 Å². The number of likely N-dealkylation sites (N-methyl/N-ethyl adjacent to an activating group) is 1. The van der Waals surface area contributed by atoms with Crippen molar-refractivity contribution in [1.29, 1.82) is 0 Å². The van der Waals surface area contributed by atoms with Gasteiger partial charge in [0.05, 0.1) is 0 Å². The Bertz CT molecular complexity index is 244. The molecule has 1 saturated heterocycles. The van der Waals surface area contributed by atoms with Crippen molar-refractivity contribution in [2.24, 2.45) is 0 Å².